The number of nitrogens with zero attached hydrogens (tertiary/aromatic N) is 1. The Bertz CT molecular complexity index is 3740. The van der Waals surface area contributed by atoms with Gasteiger partial charge in [0.15, 0.2) is 0 Å². The molecule has 0 saturated heterocycles. The van der Waals surface area contributed by atoms with Crippen LogP contribution in [0.4, 0.5) is 17.1 Å². The number of anilines is 3. The average molecular weight is 876 g/mol. The Hall–Kier alpha value is -8.78. The van der Waals surface area contributed by atoms with Crippen LogP contribution in [0.5, 0.6) is 0 Å². The first kappa shape index (κ1) is 39.4. The van der Waals surface area contributed by atoms with E-state index in [1.165, 1.54) is 100 Å². The highest BCUT2D eigenvalue weighted by Gasteiger charge is 2.59. The van der Waals surface area contributed by atoms with Gasteiger partial charge in [0.1, 0.15) is 0 Å². The largest absolute Gasteiger partial charge is 0.310 e. The second-order valence-corrected chi connectivity index (χ2v) is 18.7. The molecule has 0 bridgehead atoms. The highest BCUT2D eigenvalue weighted by Crippen LogP contribution is 2.68. The molecule has 0 saturated carbocycles. The maximum atomic E-state index is 2.52. The summed E-state index contributed by atoms with van der Waals surface area (Å²) >= 11 is 0. The molecule has 11 aromatic carbocycles. The third-order valence-electron chi connectivity index (χ3n) is 15.4. The zero-order valence-corrected chi connectivity index (χ0v) is 37.9. The van der Waals surface area contributed by atoms with Gasteiger partial charge >= 0.3 is 0 Å². The Morgan fingerprint density at radius 2 is 0.580 bits per heavy atom. The monoisotopic (exact) mass is 875 g/mol. The van der Waals surface area contributed by atoms with E-state index in [-0.39, 0.29) is 0 Å². The van der Waals surface area contributed by atoms with Gasteiger partial charge in [-0.25, -0.2) is 0 Å². The van der Waals surface area contributed by atoms with Gasteiger partial charge < -0.3 is 4.90 Å². The van der Waals surface area contributed by atoms with Crippen molar-refractivity contribution < 1.29 is 0 Å². The number of benzene rings is 11. The van der Waals surface area contributed by atoms with Crippen molar-refractivity contribution in [1.29, 1.82) is 0 Å². The molecule has 3 aliphatic carbocycles. The van der Waals surface area contributed by atoms with Crippen LogP contribution in [0, 0.1) is 0 Å². The van der Waals surface area contributed by atoms with Crippen molar-refractivity contribution in [1.82, 2.24) is 0 Å². The molecule has 0 amide bonds. The zero-order chi connectivity index (χ0) is 45.5. The minimum absolute atomic E-state index is 0.489. The van der Waals surface area contributed by atoms with Crippen LogP contribution in [0.1, 0.15) is 44.5 Å². The fourth-order valence-corrected chi connectivity index (χ4v) is 12.5. The van der Waals surface area contributed by atoms with Crippen LogP contribution in [0.3, 0.4) is 0 Å². The molecule has 0 aliphatic heterocycles. The van der Waals surface area contributed by atoms with Gasteiger partial charge in [0.25, 0.3) is 0 Å². The van der Waals surface area contributed by atoms with Crippen LogP contribution in [-0.4, -0.2) is 0 Å². The molecule has 1 spiro atoms. The normalized spacial score (nSPS) is 16.5. The summed E-state index contributed by atoms with van der Waals surface area (Å²) in [6.45, 7) is 0. The number of hydrogen-bond acceptors (Lipinski definition) is 1. The Kier molecular flexibility index (Phi) is 8.78. The molecule has 322 valence electrons. The molecule has 1 nitrogen and oxygen atoms in total. The summed E-state index contributed by atoms with van der Waals surface area (Å²) in [7, 11) is 0. The van der Waals surface area contributed by atoms with Gasteiger partial charge in [-0.05, 0) is 137 Å². The lowest BCUT2D eigenvalue weighted by Gasteiger charge is -2.48. The lowest BCUT2D eigenvalue weighted by atomic mass is 9.52. The summed E-state index contributed by atoms with van der Waals surface area (Å²) in [5.74, 6) is 0. The van der Waals surface area contributed by atoms with Gasteiger partial charge in [-0.1, -0.05) is 237 Å². The van der Waals surface area contributed by atoms with E-state index in [0.717, 1.165) is 17.1 Å². The zero-order valence-electron chi connectivity index (χ0n) is 37.9. The Morgan fingerprint density at radius 3 is 1.13 bits per heavy atom. The van der Waals surface area contributed by atoms with Crippen molar-refractivity contribution in [2.45, 2.75) is 10.8 Å². The molecule has 2 unspecified atom stereocenters. The number of fused-ring (bicyclic) bond motifs is 12. The standard InChI is InChI=1S/C68H45N/c1-4-17-46(18-5-1)48-31-33-49(34-32-48)51-37-41-54(42-38-51)69(53-39-35-50(36-40-53)47-19-6-2-7-20-47)55-43-44-58-56-23-10-13-27-61(56)68(65(58)45-55)63-29-15-14-28-62(63)67(52-21-8-3-9-22-52)60-26-12-11-24-57(60)59-25-16-30-64(68)66(59)67/h1-45H. The van der Waals surface area contributed by atoms with Crippen molar-refractivity contribution in [2.24, 2.45) is 0 Å². The molecule has 0 N–H and O–H groups in total. The third kappa shape index (κ3) is 5.65. The van der Waals surface area contributed by atoms with Gasteiger partial charge in [0.05, 0.1) is 10.8 Å². The van der Waals surface area contributed by atoms with Crippen LogP contribution < -0.4 is 4.90 Å². The quantitative estimate of drug-likeness (QED) is 0.154. The Labute approximate surface area is 403 Å². The first-order chi connectivity index (χ1) is 34.2. The van der Waals surface area contributed by atoms with Crippen molar-refractivity contribution in [3.05, 3.63) is 317 Å². The minimum Gasteiger partial charge on any atom is -0.310 e. The molecular weight excluding hydrogens is 831 g/mol. The lowest BCUT2D eigenvalue weighted by molar-refractivity contribution is 0.636. The molecule has 14 rings (SSSR count). The minimum atomic E-state index is -0.594. The fourth-order valence-electron chi connectivity index (χ4n) is 12.5. The average Bonchev–Trinajstić information content (AvgIpc) is 3.90. The van der Waals surface area contributed by atoms with Crippen molar-refractivity contribution in [3.63, 3.8) is 0 Å². The van der Waals surface area contributed by atoms with Crippen LogP contribution in [-0.2, 0) is 10.8 Å². The first-order valence-corrected chi connectivity index (χ1v) is 24.1. The van der Waals surface area contributed by atoms with E-state index in [2.05, 4.69) is 278 Å². The molecule has 1 heteroatoms. The van der Waals surface area contributed by atoms with Crippen LogP contribution in [0.15, 0.2) is 273 Å². The molecule has 11 aromatic rings. The predicted octanol–water partition coefficient (Wildman–Crippen LogP) is 17.2. The van der Waals surface area contributed by atoms with E-state index < -0.39 is 10.8 Å². The summed E-state index contributed by atoms with van der Waals surface area (Å²) in [6, 6.07) is 102. The van der Waals surface area contributed by atoms with E-state index >= 15 is 0 Å². The molecule has 0 fully saturated rings. The Morgan fingerprint density at radius 1 is 0.217 bits per heavy atom. The maximum Gasteiger partial charge on any atom is 0.0720 e. The lowest BCUT2D eigenvalue weighted by Crippen LogP contribution is -2.43. The van der Waals surface area contributed by atoms with Crippen LogP contribution in [0.2, 0.25) is 0 Å². The molecule has 0 radical (unpaired) electrons. The summed E-state index contributed by atoms with van der Waals surface area (Å²) in [5, 5.41) is 0. The molecule has 0 aromatic heterocycles. The van der Waals surface area contributed by atoms with Crippen molar-refractivity contribution >= 4 is 17.1 Å². The summed E-state index contributed by atoms with van der Waals surface area (Å²) < 4.78 is 0. The predicted molar refractivity (Wildman–Crippen MR) is 286 cm³/mol. The number of rotatable bonds is 7. The van der Waals surface area contributed by atoms with E-state index in [9.17, 15) is 0 Å². The highest BCUT2D eigenvalue weighted by molar-refractivity contribution is 5.97. The summed E-state index contributed by atoms with van der Waals surface area (Å²) in [5.41, 5.74) is 25.3. The fraction of sp³-hybridized carbons (Fsp3) is 0.0294. The molecule has 0 heterocycles. The van der Waals surface area contributed by atoms with E-state index in [1.807, 2.05) is 0 Å². The van der Waals surface area contributed by atoms with Gasteiger partial charge in [-0.2, -0.15) is 0 Å². The van der Waals surface area contributed by atoms with Gasteiger partial charge in [-0.3, -0.25) is 0 Å². The van der Waals surface area contributed by atoms with Crippen LogP contribution >= 0.6 is 0 Å². The second-order valence-electron chi connectivity index (χ2n) is 18.7. The SMILES string of the molecule is c1ccc(-c2ccc(-c3ccc(N(c4ccc(-c5ccccc5)cc4)c4ccc5c(c4)C4(c6ccccc6-5)c5ccccc5C5(c6ccccc6)c6ccccc6-c6cccc4c65)cc3)cc2)cc1. The topological polar surface area (TPSA) is 3.24 Å². The third-order valence-corrected chi connectivity index (χ3v) is 15.4. The molecule has 69 heavy (non-hydrogen) atoms. The summed E-state index contributed by atoms with van der Waals surface area (Å²) in [4.78, 5) is 2.45. The van der Waals surface area contributed by atoms with Crippen molar-refractivity contribution in [3.8, 4) is 55.6 Å². The van der Waals surface area contributed by atoms with E-state index in [4.69, 9.17) is 0 Å². The van der Waals surface area contributed by atoms with Crippen LogP contribution in [0.25, 0.3) is 55.6 Å². The highest BCUT2D eigenvalue weighted by atomic mass is 15.1. The molecular formula is C68H45N. The van der Waals surface area contributed by atoms with Crippen molar-refractivity contribution in [2.75, 3.05) is 4.90 Å². The van der Waals surface area contributed by atoms with Gasteiger partial charge in [-0.15, -0.1) is 0 Å². The Balaban J connectivity index is 0.984. The first-order valence-electron chi connectivity index (χ1n) is 24.1. The van der Waals surface area contributed by atoms with Gasteiger partial charge in [0.2, 0.25) is 0 Å². The molecule has 2 atom stereocenters. The number of hydrogen-bond donors (Lipinski definition) is 0. The van der Waals surface area contributed by atoms with E-state index in [1.54, 1.807) is 0 Å². The van der Waals surface area contributed by atoms with Gasteiger partial charge in [0, 0.05) is 17.1 Å². The summed E-state index contributed by atoms with van der Waals surface area (Å²) in [6.07, 6.45) is 0. The maximum absolute atomic E-state index is 2.52. The van der Waals surface area contributed by atoms with E-state index in [0.29, 0.717) is 0 Å². The second kappa shape index (κ2) is 15.4. The smallest absolute Gasteiger partial charge is 0.0720 e. The molecule has 3 aliphatic rings.